The van der Waals surface area contributed by atoms with Crippen LogP contribution in [0.5, 0.6) is 0 Å². The van der Waals surface area contributed by atoms with Gasteiger partial charge in [-0.25, -0.2) is 0 Å². The number of fused-ring (bicyclic) bond motifs is 4. The summed E-state index contributed by atoms with van der Waals surface area (Å²) in [4.78, 5) is 5.35. The van der Waals surface area contributed by atoms with Crippen molar-refractivity contribution in [1.82, 2.24) is 0 Å². The minimum Gasteiger partial charge on any atom is -0.310 e. The third-order valence-electron chi connectivity index (χ3n) is 17.8. The maximum atomic E-state index is 2.68. The summed E-state index contributed by atoms with van der Waals surface area (Å²) in [6, 6.07) is 105. The Morgan fingerprint density at radius 1 is 0.294 bits per heavy atom. The molecule has 12 aromatic carbocycles. The molecule has 12 aromatic rings. The molecule has 3 heteroatoms. The number of para-hydroxylation sites is 2. The second-order valence-corrected chi connectivity index (χ2v) is 24.8. The summed E-state index contributed by atoms with van der Waals surface area (Å²) in [5.41, 5.74) is 31.2. The van der Waals surface area contributed by atoms with Gasteiger partial charge in [0.1, 0.15) is 0 Å². The Kier molecular flexibility index (Phi) is 13.7. The van der Waals surface area contributed by atoms with Gasteiger partial charge in [-0.05, 0) is 130 Å². The van der Waals surface area contributed by atoms with E-state index in [0.29, 0.717) is 5.92 Å². The number of anilines is 6. The van der Waals surface area contributed by atoms with Gasteiger partial charge in [-0.15, -0.1) is 0 Å². The molecule has 0 N–H and O–H groups in total. The Bertz CT molecular complexity index is 4310. The molecule has 85 heavy (non-hydrogen) atoms. The van der Waals surface area contributed by atoms with Gasteiger partial charge in [-0.2, -0.15) is 0 Å². The highest BCUT2D eigenvalue weighted by Crippen LogP contribution is 2.54. The first-order valence-electron chi connectivity index (χ1n) is 30.3. The lowest BCUT2D eigenvalue weighted by atomic mass is 9.33. The average Bonchev–Trinajstić information content (AvgIpc) is 0.735. The van der Waals surface area contributed by atoms with Gasteiger partial charge in [0.15, 0.2) is 0 Å². The van der Waals surface area contributed by atoms with E-state index >= 15 is 0 Å². The first-order chi connectivity index (χ1) is 41.5. The van der Waals surface area contributed by atoms with Crippen molar-refractivity contribution < 1.29 is 0 Å². The molecule has 2 heterocycles. The Morgan fingerprint density at radius 3 is 1.16 bits per heavy atom. The molecule has 0 spiro atoms. The maximum absolute atomic E-state index is 2.68. The van der Waals surface area contributed by atoms with E-state index < -0.39 is 0 Å². The Hall–Kier alpha value is -9.70. The van der Waals surface area contributed by atoms with E-state index in [1.807, 2.05) is 0 Å². The normalized spacial score (nSPS) is 12.6. The predicted octanol–water partition coefficient (Wildman–Crippen LogP) is 21.0. The SMILES string of the molecule is CC(C)c1ccc(-c2cc3c4c(c2)N(c2c(-c5ccccc5)cccc2-c2ccccc2)c2cc(-c5ccccc5)ccc2B4c2cc(-c4ccc(C(C)(C)C)cc4)ccc2N3c2c(-c3ccccc3)cccc2-c2ccccc2)c(C(C)C)c1. The number of hydrogen-bond donors (Lipinski definition) is 0. The topological polar surface area (TPSA) is 6.48 Å². The van der Waals surface area contributed by atoms with Gasteiger partial charge >= 0.3 is 0 Å². The zero-order valence-electron chi connectivity index (χ0n) is 49.7. The van der Waals surface area contributed by atoms with Crippen molar-refractivity contribution in [3.63, 3.8) is 0 Å². The molecule has 0 fully saturated rings. The van der Waals surface area contributed by atoms with Crippen molar-refractivity contribution in [1.29, 1.82) is 0 Å². The van der Waals surface area contributed by atoms with Crippen molar-refractivity contribution in [2.45, 2.75) is 65.7 Å². The molecule has 0 aliphatic carbocycles. The molecule has 2 aliphatic rings. The number of nitrogens with zero attached hydrogens (tertiary/aromatic N) is 2. The first kappa shape index (κ1) is 53.3. The van der Waals surface area contributed by atoms with E-state index in [1.165, 1.54) is 66.5 Å². The second kappa shape index (κ2) is 21.8. The molecule has 14 rings (SSSR count). The van der Waals surface area contributed by atoms with Crippen LogP contribution in [0.25, 0.3) is 77.9 Å². The van der Waals surface area contributed by atoms with Gasteiger partial charge in [-0.3, -0.25) is 0 Å². The van der Waals surface area contributed by atoms with Crippen LogP contribution in [-0.2, 0) is 5.41 Å². The second-order valence-electron chi connectivity index (χ2n) is 24.8. The lowest BCUT2D eigenvalue weighted by Crippen LogP contribution is -2.61. The number of hydrogen-bond acceptors (Lipinski definition) is 2. The molecule has 2 nitrogen and oxygen atoms in total. The molecular weight excluding hydrogens is 1020 g/mol. The van der Waals surface area contributed by atoms with E-state index in [2.05, 4.69) is 337 Å². The van der Waals surface area contributed by atoms with E-state index in [4.69, 9.17) is 0 Å². The summed E-state index contributed by atoms with van der Waals surface area (Å²) in [7, 11) is 0. The summed E-state index contributed by atoms with van der Waals surface area (Å²) in [5, 5.41) is 0. The van der Waals surface area contributed by atoms with E-state index in [1.54, 1.807) is 0 Å². The largest absolute Gasteiger partial charge is 0.310 e. The van der Waals surface area contributed by atoms with E-state index in [9.17, 15) is 0 Å². The van der Waals surface area contributed by atoms with E-state index in [-0.39, 0.29) is 18.0 Å². The third-order valence-corrected chi connectivity index (χ3v) is 17.8. The summed E-state index contributed by atoms with van der Waals surface area (Å²) in [6.07, 6.45) is 0. The van der Waals surface area contributed by atoms with Crippen LogP contribution in [0, 0.1) is 0 Å². The van der Waals surface area contributed by atoms with Gasteiger partial charge in [0, 0.05) is 45.0 Å². The lowest BCUT2D eigenvalue weighted by molar-refractivity contribution is 0.590. The van der Waals surface area contributed by atoms with Crippen molar-refractivity contribution in [2.24, 2.45) is 0 Å². The molecule has 0 saturated heterocycles. The van der Waals surface area contributed by atoms with Gasteiger partial charge in [0.25, 0.3) is 6.71 Å². The molecule has 0 saturated carbocycles. The minimum absolute atomic E-state index is 0.0264. The predicted molar refractivity (Wildman–Crippen MR) is 365 cm³/mol. The van der Waals surface area contributed by atoms with Gasteiger partial charge < -0.3 is 9.80 Å². The molecule has 2 aliphatic heterocycles. The van der Waals surface area contributed by atoms with Crippen molar-refractivity contribution in [3.05, 3.63) is 296 Å². The molecule has 0 aromatic heterocycles. The van der Waals surface area contributed by atoms with Crippen LogP contribution in [0.3, 0.4) is 0 Å². The zero-order valence-corrected chi connectivity index (χ0v) is 49.7. The molecule has 0 unspecified atom stereocenters. The highest BCUT2D eigenvalue weighted by molar-refractivity contribution is 7.00. The van der Waals surface area contributed by atoms with Gasteiger partial charge in [0.2, 0.25) is 0 Å². The Labute approximate surface area is 503 Å². The highest BCUT2D eigenvalue weighted by Gasteiger charge is 2.46. The summed E-state index contributed by atoms with van der Waals surface area (Å²) in [6.45, 7) is 16.1. The maximum Gasteiger partial charge on any atom is 0.252 e. The number of rotatable bonds is 11. The van der Waals surface area contributed by atoms with Crippen LogP contribution in [0.15, 0.2) is 279 Å². The zero-order chi connectivity index (χ0) is 57.9. The fourth-order valence-electron chi connectivity index (χ4n) is 13.4. The molecule has 410 valence electrons. The van der Waals surface area contributed by atoms with Crippen LogP contribution in [0.2, 0.25) is 0 Å². The van der Waals surface area contributed by atoms with Crippen LogP contribution < -0.4 is 26.2 Å². The summed E-state index contributed by atoms with van der Waals surface area (Å²) in [5.74, 6) is 0.645. The number of benzene rings is 12. The first-order valence-corrected chi connectivity index (χ1v) is 30.3. The smallest absolute Gasteiger partial charge is 0.252 e. The fraction of sp³-hybridized carbons (Fsp3) is 0.122. The average molecular weight is 1090 g/mol. The molecule has 0 atom stereocenters. The highest BCUT2D eigenvalue weighted by atomic mass is 15.2. The van der Waals surface area contributed by atoms with Crippen LogP contribution >= 0.6 is 0 Å². The van der Waals surface area contributed by atoms with Crippen molar-refractivity contribution >= 4 is 57.2 Å². The summed E-state index contributed by atoms with van der Waals surface area (Å²) < 4.78 is 0. The van der Waals surface area contributed by atoms with Crippen LogP contribution in [-0.4, -0.2) is 6.71 Å². The van der Waals surface area contributed by atoms with E-state index in [0.717, 1.165) is 78.6 Å². The van der Waals surface area contributed by atoms with Crippen LogP contribution in [0.4, 0.5) is 34.1 Å². The standard InChI is InChI=1S/C82H69BN2/c1-54(2)62-41-46-67(72(49-62)55(3)4)65-52-77-79-78(53-65)85(81-70(60-31-19-11-20-32-60)37-24-38-71(81)61-33-21-12-22-34-61)76-51-64(56-25-13-8-14-26-56)42-47-73(76)83(79)74-50-63(57-39-44-66(45-40-57)82(5,6)7)43-48-75(74)84(77)80-68(58-27-15-9-16-28-58)35-23-36-69(80)59-29-17-10-18-30-59/h8-55H,1-7H3. The molecular formula is C82H69BN2. The minimum atomic E-state index is -0.170. The van der Waals surface area contributed by atoms with Crippen LogP contribution in [0.1, 0.15) is 77.0 Å². The Morgan fingerprint density at radius 2 is 0.706 bits per heavy atom. The van der Waals surface area contributed by atoms with Gasteiger partial charge in [0.05, 0.1) is 11.4 Å². The molecule has 0 amide bonds. The Balaban J connectivity index is 1.18. The molecule has 0 bridgehead atoms. The van der Waals surface area contributed by atoms with Gasteiger partial charge in [-0.1, -0.05) is 303 Å². The van der Waals surface area contributed by atoms with Crippen molar-refractivity contribution in [3.8, 4) is 77.9 Å². The third kappa shape index (κ3) is 9.59. The quantitative estimate of drug-likeness (QED) is 0.119. The summed E-state index contributed by atoms with van der Waals surface area (Å²) >= 11 is 0. The lowest BCUT2D eigenvalue weighted by Gasteiger charge is -2.46. The van der Waals surface area contributed by atoms with Crippen molar-refractivity contribution in [2.75, 3.05) is 9.80 Å². The fourth-order valence-corrected chi connectivity index (χ4v) is 13.4. The monoisotopic (exact) mass is 1090 g/mol. The molecule has 0 radical (unpaired) electrons.